The van der Waals surface area contributed by atoms with Crippen LogP contribution in [0.25, 0.3) is 34.2 Å². The van der Waals surface area contributed by atoms with Gasteiger partial charge in [0, 0.05) is 24.7 Å². The van der Waals surface area contributed by atoms with Gasteiger partial charge in [0.25, 0.3) is 0 Å². The van der Waals surface area contributed by atoms with Crippen molar-refractivity contribution in [1.82, 2.24) is 35.8 Å². The number of hydrogen-bond donors (Lipinski definition) is 2. The minimum absolute atomic E-state index is 0.385. The summed E-state index contributed by atoms with van der Waals surface area (Å²) in [6.45, 7) is 0.722. The highest BCUT2D eigenvalue weighted by Crippen LogP contribution is 2.32. The fourth-order valence-electron chi connectivity index (χ4n) is 2.69. The highest BCUT2D eigenvalue weighted by molar-refractivity contribution is 5.84. The highest BCUT2D eigenvalue weighted by atomic mass is 16.3. The molecule has 9 heteroatoms. The first-order valence-electron chi connectivity index (χ1n) is 7.66. The Morgan fingerprint density at radius 3 is 2.92 bits per heavy atom. The molecule has 0 aliphatic carbocycles. The van der Waals surface area contributed by atoms with Gasteiger partial charge in [-0.2, -0.15) is 15.2 Å². The van der Waals surface area contributed by atoms with Crippen molar-refractivity contribution in [2.75, 3.05) is 11.6 Å². The minimum Gasteiger partial charge on any atom is -0.433 e. The zero-order valence-electron chi connectivity index (χ0n) is 12.9. The summed E-state index contributed by atoms with van der Waals surface area (Å²) in [6, 6.07) is 7.35. The standard InChI is InChI=1S/C16H12N8O/c1-3-11(23-17-5-1)16-21-15-13(25-16)9-12(24-8-2-6-19-24)14(20-15)10-4-7-18-22-10/h1-7,9,19H,8H2,(H,18,22). The van der Waals surface area contributed by atoms with Gasteiger partial charge in [-0.3, -0.25) is 10.1 Å². The number of aromatic nitrogens is 6. The van der Waals surface area contributed by atoms with E-state index in [0.29, 0.717) is 22.8 Å². The largest absolute Gasteiger partial charge is 0.433 e. The van der Waals surface area contributed by atoms with Gasteiger partial charge in [0.05, 0.1) is 17.9 Å². The third-order valence-electron chi connectivity index (χ3n) is 3.84. The smallest absolute Gasteiger partial charge is 0.249 e. The molecule has 25 heavy (non-hydrogen) atoms. The molecule has 1 aliphatic rings. The third-order valence-corrected chi connectivity index (χ3v) is 3.84. The molecule has 0 unspecified atom stereocenters. The summed E-state index contributed by atoms with van der Waals surface area (Å²) in [5.74, 6) is 0.385. The van der Waals surface area contributed by atoms with E-state index in [2.05, 4.69) is 35.8 Å². The van der Waals surface area contributed by atoms with Crippen LogP contribution in [0.3, 0.4) is 0 Å². The zero-order chi connectivity index (χ0) is 16.6. The monoisotopic (exact) mass is 332 g/mol. The Labute approximate surface area is 141 Å². The Balaban J connectivity index is 1.69. The van der Waals surface area contributed by atoms with Crippen molar-refractivity contribution in [3.63, 3.8) is 0 Å². The van der Waals surface area contributed by atoms with E-state index in [1.54, 1.807) is 24.5 Å². The SMILES string of the molecule is C1=CNN(c2cc3oc(-c4cccnn4)nc3nc2-c2ccn[nH]2)C1. The number of anilines is 1. The van der Waals surface area contributed by atoms with Gasteiger partial charge in [0.15, 0.2) is 11.2 Å². The lowest BCUT2D eigenvalue weighted by atomic mass is 10.2. The number of hydrazine groups is 1. The second-order valence-electron chi connectivity index (χ2n) is 5.42. The molecule has 0 spiro atoms. The van der Waals surface area contributed by atoms with Gasteiger partial charge < -0.3 is 9.84 Å². The number of aromatic amines is 1. The van der Waals surface area contributed by atoms with Gasteiger partial charge in [-0.15, -0.1) is 5.10 Å². The van der Waals surface area contributed by atoms with Crippen molar-refractivity contribution in [2.24, 2.45) is 0 Å². The van der Waals surface area contributed by atoms with Gasteiger partial charge >= 0.3 is 0 Å². The maximum atomic E-state index is 5.85. The number of nitrogens with zero attached hydrogens (tertiary/aromatic N) is 6. The Kier molecular flexibility index (Phi) is 2.96. The molecule has 9 nitrogen and oxygen atoms in total. The summed E-state index contributed by atoms with van der Waals surface area (Å²) in [6.07, 6.45) is 7.19. The van der Waals surface area contributed by atoms with Gasteiger partial charge in [-0.25, -0.2) is 4.98 Å². The summed E-state index contributed by atoms with van der Waals surface area (Å²) in [5, 5.41) is 16.8. The van der Waals surface area contributed by atoms with Gasteiger partial charge in [0.1, 0.15) is 11.4 Å². The van der Waals surface area contributed by atoms with Gasteiger partial charge in [-0.1, -0.05) is 0 Å². The molecular formula is C16H12N8O. The quantitative estimate of drug-likeness (QED) is 0.585. The topological polar surface area (TPSA) is 109 Å². The first-order valence-corrected chi connectivity index (χ1v) is 7.66. The van der Waals surface area contributed by atoms with Crippen LogP contribution in [0.4, 0.5) is 5.69 Å². The lowest BCUT2D eigenvalue weighted by molar-refractivity contribution is 0.614. The predicted octanol–water partition coefficient (Wildman–Crippen LogP) is 1.91. The van der Waals surface area contributed by atoms with Crippen LogP contribution < -0.4 is 10.4 Å². The summed E-state index contributed by atoms with van der Waals surface area (Å²) in [5.41, 5.74) is 7.21. The number of oxazole rings is 1. The van der Waals surface area contributed by atoms with Crippen LogP contribution in [-0.2, 0) is 0 Å². The minimum atomic E-state index is 0.385. The van der Waals surface area contributed by atoms with Crippen LogP contribution in [0.15, 0.2) is 53.4 Å². The Morgan fingerprint density at radius 2 is 2.16 bits per heavy atom. The molecule has 0 atom stereocenters. The van der Waals surface area contributed by atoms with Crippen LogP contribution >= 0.6 is 0 Å². The fraction of sp³-hybridized carbons (Fsp3) is 0.0625. The molecule has 5 rings (SSSR count). The highest BCUT2D eigenvalue weighted by Gasteiger charge is 2.20. The molecule has 0 radical (unpaired) electrons. The first-order chi connectivity index (χ1) is 12.4. The number of pyridine rings is 1. The molecule has 0 saturated heterocycles. The van der Waals surface area contributed by atoms with Crippen LogP contribution in [-0.4, -0.2) is 36.9 Å². The molecule has 122 valence electrons. The average Bonchev–Trinajstić information content (AvgIpc) is 3.42. The number of nitrogens with one attached hydrogen (secondary N) is 2. The molecule has 0 saturated carbocycles. The van der Waals surface area contributed by atoms with Crippen LogP contribution in [0.5, 0.6) is 0 Å². The molecular weight excluding hydrogens is 320 g/mol. The van der Waals surface area contributed by atoms with Gasteiger partial charge in [0.2, 0.25) is 5.89 Å². The lowest BCUT2D eigenvalue weighted by Gasteiger charge is -2.20. The molecule has 0 aromatic carbocycles. The van der Waals surface area contributed by atoms with Crippen LogP contribution in [0, 0.1) is 0 Å². The van der Waals surface area contributed by atoms with Crippen LogP contribution in [0.2, 0.25) is 0 Å². The third kappa shape index (κ3) is 2.29. The van der Waals surface area contributed by atoms with Gasteiger partial charge in [-0.05, 0) is 24.3 Å². The molecule has 0 fully saturated rings. The van der Waals surface area contributed by atoms with Crippen molar-refractivity contribution in [3.8, 4) is 23.0 Å². The van der Waals surface area contributed by atoms with E-state index in [1.165, 1.54) is 0 Å². The first kappa shape index (κ1) is 13.7. The maximum absolute atomic E-state index is 5.85. The Bertz CT molecular complexity index is 1050. The van der Waals surface area contributed by atoms with E-state index in [4.69, 9.17) is 4.42 Å². The summed E-state index contributed by atoms with van der Waals surface area (Å²) in [7, 11) is 0. The number of hydrogen-bond acceptors (Lipinski definition) is 8. The van der Waals surface area contributed by atoms with E-state index in [1.807, 2.05) is 29.4 Å². The summed E-state index contributed by atoms with van der Waals surface area (Å²) >= 11 is 0. The molecule has 0 bridgehead atoms. The second kappa shape index (κ2) is 5.41. The molecule has 4 aromatic rings. The molecule has 0 amide bonds. The Hall–Kier alpha value is -3.75. The molecule has 1 aliphatic heterocycles. The average molecular weight is 332 g/mol. The summed E-state index contributed by atoms with van der Waals surface area (Å²) in [4.78, 5) is 9.13. The van der Waals surface area contributed by atoms with E-state index in [0.717, 1.165) is 23.6 Å². The summed E-state index contributed by atoms with van der Waals surface area (Å²) < 4.78 is 5.85. The van der Waals surface area contributed by atoms with Crippen molar-refractivity contribution in [2.45, 2.75) is 0 Å². The lowest BCUT2D eigenvalue weighted by Crippen LogP contribution is -2.30. The van der Waals surface area contributed by atoms with Crippen molar-refractivity contribution in [3.05, 3.63) is 48.9 Å². The van der Waals surface area contributed by atoms with Crippen molar-refractivity contribution < 1.29 is 4.42 Å². The van der Waals surface area contributed by atoms with E-state index < -0.39 is 0 Å². The predicted molar refractivity (Wildman–Crippen MR) is 90.0 cm³/mol. The van der Waals surface area contributed by atoms with Crippen molar-refractivity contribution >= 4 is 16.9 Å². The van der Waals surface area contributed by atoms with Crippen molar-refractivity contribution in [1.29, 1.82) is 0 Å². The molecule has 4 aromatic heterocycles. The zero-order valence-corrected chi connectivity index (χ0v) is 12.9. The van der Waals surface area contributed by atoms with E-state index in [-0.39, 0.29) is 0 Å². The second-order valence-corrected chi connectivity index (χ2v) is 5.42. The fourth-order valence-corrected chi connectivity index (χ4v) is 2.69. The molecule has 5 heterocycles. The Morgan fingerprint density at radius 1 is 1.16 bits per heavy atom. The maximum Gasteiger partial charge on any atom is 0.249 e. The number of fused-ring (bicyclic) bond motifs is 1. The van der Waals surface area contributed by atoms with E-state index in [9.17, 15) is 0 Å². The van der Waals surface area contributed by atoms with E-state index >= 15 is 0 Å². The number of rotatable bonds is 3. The number of H-pyrrole nitrogens is 1. The van der Waals surface area contributed by atoms with Crippen LogP contribution in [0.1, 0.15) is 0 Å². The molecule has 2 N–H and O–H groups in total. The normalized spacial score (nSPS) is 13.5.